The quantitative estimate of drug-likeness (QED) is 0.829. The zero-order chi connectivity index (χ0) is 15.4. The van der Waals surface area contributed by atoms with Crippen molar-refractivity contribution in [3.8, 4) is 0 Å². The van der Waals surface area contributed by atoms with E-state index < -0.39 is 0 Å². The summed E-state index contributed by atoms with van der Waals surface area (Å²) in [6.07, 6.45) is 5.29. The van der Waals surface area contributed by atoms with Crippen LogP contribution in [0.5, 0.6) is 0 Å². The molecule has 4 heteroatoms. The van der Waals surface area contributed by atoms with Crippen LogP contribution in [-0.2, 0) is 11.2 Å². The van der Waals surface area contributed by atoms with Crippen molar-refractivity contribution >= 4 is 21.8 Å². The third-order valence-corrected chi connectivity index (χ3v) is 5.05. The van der Waals surface area contributed by atoms with Crippen LogP contribution in [0.1, 0.15) is 31.2 Å². The summed E-state index contributed by atoms with van der Waals surface area (Å²) in [6, 6.07) is 8.84. The van der Waals surface area contributed by atoms with E-state index in [1.807, 2.05) is 36.2 Å². The predicted octanol–water partition coefficient (Wildman–Crippen LogP) is 3.32. The third-order valence-electron chi connectivity index (χ3n) is 4.52. The molecule has 0 heterocycles. The van der Waals surface area contributed by atoms with Gasteiger partial charge in [-0.15, -0.1) is 0 Å². The lowest BCUT2D eigenvalue weighted by Crippen LogP contribution is -2.52. The minimum Gasteiger partial charge on any atom is -0.341 e. The van der Waals surface area contributed by atoms with Gasteiger partial charge in [0, 0.05) is 23.6 Å². The first-order valence-electron chi connectivity index (χ1n) is 7.65. The van der Waals surface area contributed by atoms with Gasteiger partial charge in [-0.3, -0.25) is 4.79 Å². The van der Waals surface area contributed by atoms with Crippen molar-refractivity contribution in [1.29, 1.82) is 0 Å². The lowest BCUT2D eigenvalue weighted by atomic mass is 9.88. The van der Waals surface area contributed by atoms with Crippen molar-refractivity contribution in [1.82, 2.24) is 9.80 Å². The first-order valence-corrected chi connectivity index (χ1v) is 8.45. The second-order valence-electron chi connectivity index (χ2n) is 6.19. The Morgan fingerprint density at radius 2 is 1.67 bits per heavy atom. The average Bonchev–Trinajstić information content (AvgIpc) is 2.48. The maximum atomic E-state index is 12.6. The highest BCUT2D eigenvalue weighted by Gasteiger charge is 2.31. The number of carbonyl (C=O) groups is 1. The lowest BCUT2D eigenvalue weighted by Gasteiger charge is -2.41. The minimum absolute atomic E-state index is 0.219. The number of halogens is 1. The fourth-order valence-corrected chi connectivity index (χ4v) is 3.50. The van der Waals surface area contributed by atoms with Crippen LogP contribution in [0.3, 0.4) is 0 Å². The van der Waals surface area contributed by atoms with Crippen molar-refractivity contribution in [3.05, 3.63) is 34.3 Å². The molecule has 116 valence electrons. The van der Waals surface area contributed by atoms with Crippen molar-refractivity contribution in [2.24, 2.45) is 0 Å². The van der Waals surface area contributed by atoms with Gasteiger partial charge in [0.05, 0.1) is 6.42 Å². The van der Waals surface area contributed by atoms with Crippen LogP contribution >= 0.6 is 15.9 Å². The van der Waals surface area contributed by atoms with Crippen LogP contribution < -0.4 is 0 Å². The van der Waals surface area contributed by atoms with Gasteiger partial charge in [-0.05, 0) is 44.6 Å². The second kappa shape index (κ2) is 7.41. The van der Waals surface area contributed by atoms with Crippen LogP contribution in [0.15, 0.2) is 28.7 Å². The smallest absolute Gasteiger partial charge is 0.227 e. The number of amides is 1. The topological polar surface area (TPSA) is 23.6 Å². The van der Waals surface area contributed by atoms with E-state index in [-0.39, 0.29) is 5.91 Å². The number of nitrogens with zero attached hydrogens (tertiary/aromatic N) is 2. The number of likely N-dealkylation sites (N-methyl/N-ethyl adjacent to an activating group) is 2. The molecule has 21 heavy (non-hydrogen) atoms. The molecule has 1 amide bonds. The molecule has 0 N–H and O–H groups in total. The fourth-order valence-electron chi connectivity index (χ4n) is 3.23. The van der Waals surface area contributed by atoms with Crippen LogP contribution in [0.25, 0.3) is 0 Å². The Labute approximate surface area is 136 Å². The van der Waals surface area contributed by atoms with E-state index in [1.165, 1.54) is 19.3 Å². The van der Waals surface area contributed by atoms with Gasteiger partial charge in [0.15, 0.2) is 0 Å². The maximum Gasteiger partial charge on any atom is 0.227 e. The largest absolute Gasteiger partial charge is 0.341 e. The fraction of sp³-hybridized carbons (Fsp3) is 0.588. The molecule has 0 aromatic heterocycles. The van der Waals surface area contributed by atoms with Crippen molar-refractivity contribution < 1.29 is 4.79 Å². The summed E-state index contributed by atoms with van der Waals surface area (Å²) in [5, 5.41) is 0. The van der Waals surface area contributed by atoms with Gasteiger partial charge in [0.25, 0.3) is 0 Å². The number of carbonyl (C=O) groups excluding carboxylic acids is 1. The Morgan fingerprint density at radius 1 is 1.10 bits per heavy atom. The van der Waals surface area contributed by atoms with Gasteiger partial charge in [0.1, 0.15) is 0 Å². The number of benzene rings is 1. The summed E-state index contributed by atoms with van der Waals surface area (Å²) in [6.45, 7) is 0. The van der Waals surface area contributed by atoms with E-state index in [1.54, 1.807) is 0 Å². The molecule has 1 aromatic carbocycles. The molecule has 1 aromatic rings. The molecular weight excluding hydrogens is 328 g/mol. The summed E-state index contributed by atoms with van der Waals surface area (Å²) in [5.41, 5.74) is 1.08. The monoisotopic (exact) mass is 352 g/mol. The standard InChI is InChI=1S/C17H25BrN2O/c1-19(2)15-6-4-5-7-16(15)20(3)17(21)12-13-8-10-14(18)11-9-13/h8-11,15-16H,4-7,12H2,1-3H3. The van der Waals surface area contributed by atoms with E-state index in [0.29, 0.717) is 18.5 Å². The number of rotatable bonds is 4. The lowest BCUT2D eigenvalue weighted by molar-refractivity contribution is -0.133. The Balaban J connectivity index is 2.01. The summed E-state index contributed by atoms with van der Waals surface area (Å²) >= 11 is 3.43. The molecule has 2 rings (SSSR count). The molecule has 0 radical (unpaired) electrons. The minimum atomic E-state index is 0.219. The molecule has 0 spiro atoms. The molecule has 0 saturated heterocycles. The summed E-state index contributed by atoms with van der Waals surface area (Å²) < 4.78 is 1.05. The van der Waals surface area contributed by atoms with Crippen molar-refractivity contribution in [3.63, 3.8) is 0 Å². The summed E-state index contributed by atoms with van der Waals surface area (Å²) in [5.74, 6) is 0.219. The van der Waals surface area contributed by atoms with E-state index in [4.69, 9.17) is 0 Å². The second-order valence-corrected chi connectivity index (χ2v) is 7.11. The Hall–Kier alpha value is -0.870. The van der Waals surface area contributed by atoms with Gasteiger partial charge in [0.2, 0.25) is 5.91 Å². The van der Waals surface area contributed by atoms with Gasteiger partial charge < -0.3 is 9.80 Å². The Morgan fingerprint density at radius 3 is 2.24 bits per heavy atom. The third kappa shape index (κ3) is 4.30. The molecule has 2 unspecified atom stereocenters. The maximum absolute atomic E-state index is 12.6. The molecule has 1 aliphatic rings. The normalized spacial score (nSPS) is 22.3. The highest BCUT2D eigenvalue weighted by atomic mass is 79.9. The number of hydrogen-bond acceptors (Lipinski definition) is 2. The first kappa shape index (κ1) is 16.5. The molecular formula is C17H25BrN2O. The van der Waals surface area contributed by atoms with Crippen LogP contribution in [0.2, 0.25) is 0 Å². The first-order chi connectivity index (χ1) is 9.99. The van der Waals surface area contributed by atoms with E-state index in [2.05, 4.69) is 34.9 Å². The summed E-state index contributed by atoms with van der Waals surface area (Å²) in [7, 11) is 6.21. The van der Waals surface area contributed by atoms with E-state index in [0.717, 1.165) is 16.5 Å². The number of hydrogen-bond donors (Lipinski definition) is 0. The SMILES string of the molecule is CN(C)C1CCCCC1N(C)C(=O)Cc1ccc(Br)cc1. The average molecular weight is 353 g/mol. The zero-order valence-electron chi connectivity index (χ0n) is 13.2. The molecule has 0 bridgehead atoms. The molecule has 3 nitrogen and oxygen atoms in total. The Bertz CT molecular complexity index is 472. The molecule has 1 fully saturated rings. The van der Waals surface area contributed by atoms with Crippen LogP contribution in [0.4, 0.5) is 0 Å². The molecule has 1 saturated carbocycles. The van der Waals surface area contributed by atoms with Crippen LogP contribution in [-0.4, -0.2) is 48.9 Å². The van der Waals surface area contributed by atoms with Gasteiger partial charge in [-0.1, -0.05) is 40.9 Å². The molecule has 0 aliphatic heterocycles. The van der Waals surface area contributed by atoms with E-state index in [9.17, 15) is 4.79 Å². The predicted molar refractivity (Wildman–Crippen MR) is 90.3 cm³/mol. The van der Waals surface area contributed by atoms with Crippen molar-refractivity contribution in [2.45, 2.75) is 44.2 Å². The highest BCUT2D eigenvalue weighted by molar-refractivity contribution is 9.10. The Kier molecular flexibility index (Phi) is 5.82. The zero-order valence-corrected chi connectivity index (χ0v) is 14.8. The molecule has 1 aliphatic carbocycles. The van der Waals surface area contributed by atoms with Crippen LogP contribution in [0, 0.1) is 0 Å². The van der Waals surface area contributed by atoms with Crippen molar-refractivity contribution in [2.75, 3.05) is 21.1 Å². The summed E-state index contributed by atoms with van der Waals surface area (Å²) in [4.78, 5) is 16.8. The highest BCUT2D eigenvalue weighted by Crippen LogP contribution is 2.26. The van der Waals surface area contributed by atoms with Gasteiger partial charge in [-0.2, -0.15) is 0 Å². The molecule has 2 atom stereocenters. The van der Waals surface area contributed by atoms with Gasteiger partial charge >= 0.3 is 0 Å². The van der Waals surface area contributed by atoms with Gasteiger partial charge in [-0.25, -0.2) is 0 Å². The van der Waals surface area contributed by atoms with E-state index >= 15 is 0 Å².